The predicted molar refractivity (Wildman–Crippen MR) is 74.1 cm³/mol. The minimum atomic E-state index is -0.475. The Morgan fingerprint density at radius 3 is 2.50 bits per heavy atom. The summed E-state index contributed by atoms with van der Waals surface area (Å²) >= 11 is 5.87. The van der Waals surface area contributed by atoms with E-state index in [2.05, 4.69) is 5.32 Å². The maximum absolute atomic E-state index is 11.0. The van der Waals surface area contributed by atoms with Gasteiger partial charge in [0.2, 0.25) is 0 Å². The summed E-state index contributed by atoms with van der Waals surface area (Å²) in [6, 6.07) is 4.84. The van der Waals surface area contributed by atoms with Crippen LogP contribution in [0.1, 0.15) is 26.7 Å². The molecule has 1 rings (SSSR count). The second-order valence-electron chi connectivity index (χ2n) is 4.21. The fourth-order valence-electron chi connectivity index (χ4n) is 1.85. The smallest absolute Gasteiger partial charge is 0.310 e. The second kappa shape index (κ2) is 6.02. The lowest BCUT2D eigenvalue weighted by Crippen LogP contribution is -2.44. The van der Waals surface area contributed by atoms with Crippen LogP contribution in [0.4, 0.5) is 11.4 Å². The van der Waals surface area contributed by atoms with E-state index in [0.717, 1.165) is 12.8 Å². The van der Waals surface area contributed by atoms with Gasteiger partial charge >= 0.3 is 5.69 Å². The number of para-hydroxylation sites is 1. The molecule has 1 aromatic carbocycles. The van der Waals surface area contributed by atoms with Gasteiger partial charge in [-0.2, -0.15) is 0 Å². The summed E-state index contributed by atoms with van der Waals surface area (Å²) < 4.78 is 0. The third-order valence-corrected chi connectivity index (χ3v) is 3.62. The largest absolute Gasteiger partial charge is 0.373 e. The first-order chi connectivity index (χ1) is 8.49. The van der Waals surface area contributed by atoms with Crippen LogP contribution in [-0.2, 0) is 0 Å². The van der Waals surface area contributed by atoms with E-state index >= 15 is 0 Å². The van der Waals surface area contributed by atoms with Crippen LogP contribution in [0.2, 0.25) is 5.02 Å². The molecule has 18 heavy (non-hydrogen) atoms. The van der Waals surface area contributed by atoms with E-state index in [-0.39, 0.29) is 16.2 Å². The first-order valence-corrected chi connectivity index (χ1v) is 6.28. The molecule has 0 fully saturated rings. The Kier molecular flexibility index (Phi) is 4.93. The molecule has 3 N–H and O–H groups in total. The molecule has 1 aromatic rings. The van der Waals surface area contributed by atoms with Gasteiger partial charge in [-0.1, -0.05) is 31.5 Å². The highest BCUT2D eigenvalue weighted by molar-refractivity contribution is 6.33. The second-order valence-corrected chi connectivity index (χ2v) is 4.62. The Morgan fingerprint density at radius 2 is 2.06 bits per heavy atom. The number of nitrogens with one attached hydrogen (secondary N) is 1. The van der Waals surface area contributed by atoms with E-state index in [4.69, 9.17) is 17.3 Å². The minimum absolute atomic E-state index is 0.0982. The summed E-state index contributed by atoms with van der Waals surface area (Å²) in [5, 5.41) is 14.4. The van der Waals surface area contributed by atoms with Crippen LogP contribution in [0.3, 0.4) is 0 Å². The molecule has 0 heterocycles. The van der Waals surface area contributed by atoms with E-state index in [0.29, 0.717) is 12.2 Å². The molecule has 0 aromatic heterocycles. The minimum Gasteiger partial charge on any atom is -0.373 e. The predicted octanol–water partition coefficient (Wildman–Crippen LogP) is 3.18. The average Bonchev–Trinajstić information content (AvgIpc) is 2.35. The molecular weight excluding hydrogens is 254 g/mol. The number of nitro groups is 1. The Bertz CT molecular complexity index is 425. The van der Waals surface area contributed by atoms with Crippen LogP contribution in [0.5, 0.6) is 0 Å². The Labute approximate surface area is 111 Å². The first-order valence-electron chi connectivity index (χ1n) is 5.90. The Morgan fingerprint density at radius 1 is 1.44 bits per heavy atom. The maximum Gasteiger partial charge on any atom is 0.310 e. The van der Waals surface area contributed by atoms with Crippen molar-refractivity contribution in [2.75, 3.05) is 11.9 Å². The molecule has 0 saturated carbocycles. The standard InChI is InChI=1S/C12H18ClN3O2/c1-3-12(4-2,8-14)15-10-7-5-6-9(13)11(10)16(17)18/h5-7,15H,3-4,8,14H2,1-2H3. The van der Waals surface area contributed by atoms with E-state index in [1.165, 1.54) is 6.07 Å². The van der Waals surface area contributed by atoms with Crippen molar-refractivity contribution in [1.29, 1.82) is 0 Å². The number of benzene rings is 1. The summed E-state index contributed by atoms with van der Waals surface area (Å²) in [6.45, 7) is 4.41. The Hall–Kier alpha value is -1.33. The zero-order valence-corrected chi connectivity index (χ0v) is 11.3. The molecule has 0 radical (unpaired) electrons. The quantitative estimate of drug-likeness (QED) is 0.615. The lowest BCUT2D eigenvalue weighted by atomic mass is 9.92. The molecule has 0 aliphatic rings. The average molecular weight is 272 g/mol. The molecule has 0 bridgehead atoms. The summed E-state index contributed by atoms with van der Waals surface area (Å²) in [4.78, 5) is 10.6. The lowest BCUT2D eigenvalue weighted by Gasteiger charge is -2.32. The van der Waals surface area contributed by atoms with Crippen LogP contribution < -0.4 is 11.1 Å². The zero-order valence-electron chi connectivity index (χ0n) is 10.6. The molecule has 0 aliphatic carbocycles. The van der Waals surface area contributed by atoms with Crippen LogP contribution in [-0.4, -0.2) is 17.0 Å². The van der Waals surface area contributed by atoms with Crippen molar-refractivity contribution in [1.82, 2.24) is 0 Å². The fourth-order valence-corrected chi connectivity index (χ4v) is 2.10. The lowest BCUT2D eigenvalue weighted by molar-refractivity contribution is -0.383. The molecule has 0 atom stereocenters. The molecule has 0 aliphatic heterocycles. The van der Waals surface area contributed by atoms with Gasteiger partial charge in [-0.05, 0) is 25.0 Å². The number of hydrogen-bond acceptors (Lipinski definition) is 4. The first kappa shape index (κ1) is 14.7. The van der Waals surface area contributed by atoms with E-state index in [1.807, 2.05) is 13.8 Å². The monoisotopic (exact) mass is 271 g/mol. The normalized spacial score (nSPS) is 11.3. The zero-order chi connectivity index (χ0) is 13.8. The van der Waals surface area contributed by atoms with Gasteiger partial charge in [0.25, 0.3) is 0 Å². The maximum atomic E-state index is 11.0. The van der Waals surface area contributed by atoms with E-state index < -0.39 is 4.92 Å². The number of nitro benzene ring substituents is 1. The van der Waals surface area contributed by atoms with Gasteiger partial charge in [0, 0.05) is 12.1 Å². The number of hydrogen-bond donors (Lipinski definition) is 2. The van der Waals surface area contributed by atoms with Gasteiger partial charge in [-0.3, -0.25) is 10.1 Å². The van der Waals surface area contributed by atoms with Crippen LogP contribution in [0, 0.1) is 10.1 Å². The van der Waals surface area contributed by atoms with Gasteiger partial charge < -0.3 is 11.1 Å². The summed E-state index contributed by atoms with van der Waals surface area (Å²) in [7, 11) is 0. The van der Waals surface area contributed by atoms with Crippen molar-refractivity contribution in [3.63, 3.8) is 0 Å². The fraction of sp³-hybridized carbons (Fsp3) is 0.500. The van der Waals surface area contributed by atoms with Crippen molar-refractivity contribution in [2.24, 2.45) is 5.73 Å². The van der Waals surface area contributed by atoms with E-state index in [1.54, 1.807) is 12.1 Å². The van der Waals surface area contributed by atoms with Crippen LogP contribution >= 0.6 is 11.6 Å². The van der Waals surface area contributed by atoms with Gasteiger partial charge in [0.1, 0.15) is 10.7 Å². The highest BCUT2D eigenvalue weighted by atomic mass is 35.5. The highest BCUT2D eigenvalue weighted by Gasteiger charge is 2.28. The third kappa shape index (κ3) is 2.91. The van der Waals surface area contributed by atoms with Crippen LogP contribution in [0.15, 0.2) is 18.2 Å². The van der Waals surface area contributed by atoms with Crippen molar-refractivity contribution >= 4 is 23.0 Å². The SMILES string of the molecule is CCC(CC)(CN)Nc1cccc(Cl)c1[N+](=O)[O-]. The number of nitrogens with two attached hydrogens (primary N) is 1. The highest BCUT2D eigenvalue weighted by Crippen LogP contribution is 2.35. The molecule has 100 valence electrons. The Balaban J connectivity index is 3.18. The van der Waals surface area contributed by atoms with Crippen molar-refractivity contribution < 1.29 is 4.92 Å². The van der Waals surface area contributed by atoms with Crippen LogP contribution in [0.25, 0.3) is 0 Å². The summed E-state index contributed by atoms with van der Waals surface area (Å²) in [5.74, 6) is 0. The number of rotatable bonds is 6. The van der Waals surface area contributed by atoms with E-state index in [9.17, 15) is 10.1 Å². The number of halogens is 1. The molecule has 0 saturated heterocycles. The van der Waals surface area contributed by atoms with Crippen molar-refractivity contribution in [3.05, 3.63) is 33.3 Å². The van der Waals surface area contributed by atoms with Gasteiger partial charge in [-0.15, -0.1) is 0 Å². The molecule has 6 heteroatoms. The molecule has 0 spiro atoms. The van der Waals surface area contributed by atoms with Crippen molar-refractivity contribution in [3.8, 4) is 0 Å². The van der Waals surface area contributed by atoms with Gasteiger partial charge in [-0.25, -0.2) is 0 Å². The topological polar surface area (TPSA) is 81.2 Å². The number of nitrogens with zero attached hydrogens (tertiary/aromatic N) is 1. The molecule has 0 unspecified atom stereocenters. The van der Waals surface area contributed by atoms with Gasteiger partial charge in [0.15, 0.2) is 0 Å². The summed E-state index contributed by atoms with van der Waals surface area (Å²) in [5.41, 5.74) is 5.76. The summed E-state index contributed by atoms with van der Waals surface area (Å²) in [6.07, 6.45) is 1.56. The van der Waals surface area contributed by atoms with Gasteiger partial charge in [0.05, 0.1) is 4.92 Å². The number of anilines is 1. The van der Waals surface area contributed by atoms with Crippen molar-refractivity contribution in [2.45, 2.75) is 32.2 Å². The molecule has 0 amide bonds. The molecule has 5 nitrogen and oxygen atoms in total. The molecular formula is C12H18ClN3O2. The third-order valence-electron chi connectivity index (χ3n) is 3.31.